The molecule has 1 heterocycles. The molecule has 1 saturated carbocycles. The number of allylic oxidation sites excluding steroid dienone is 2. The zero-order valence-corrected chi connectivity index (χ0v) is 13.9. The number of Topliss-reactive ketones (excluding diaryl/α,β-unsaturated/α-hetero) is 1. The number of hydrogen-bond acceptors (Lipinski definition) is 3. The highest BCUT2D eigenvalue weighted by Crippen LogP contribution is 2.24. The van der Waals surface area contributed by atoms with Crippen LogP contribution in [0.15, 0.2) is 35.7 Å². The van der Waals surface area contributed by atoms with E-state index in [0.29, 0.717) is 12.2 Å². The normalized spacial score (nSPS) is 17.4. The van der Waals surface area contributed by atoms with Gasteiger partial charge in [-0.15, -0.1) is 0 Å². The number of nitrogens with one attached hydrogen (secondary N) is 2. The lowest BCUT2D eigenvalue weighted by atomic mass is 9.92. The first-order valence-electron chi connectivity index (χ1n) is 8.30. The van der Waals surface area contributed by atoms with E-state index in [2.05, 4.69) is 22.6 Å². The number of aromatic amines is 1. The molecule has 4 nitrogen and oxygen atoms in total. The lowest BCUT2D eigenvalue weighted by Crippen LogP contribution is -2.21. The van der Waals surface area contributed by atoms with Crippen molar-refractivity contribution in [2.45, 2.75) is 39.0 Å². The fraction of sp³-hybridized carbons (Fsp3) is 0.421. The number of aromatic nitrogens is 1. The number of ketones is 1. The Morgan fingerprint density at radius 2 is 2.13 bits per heavy atom. The number of H-pyrrole nitrogens is 1. The summed E-state index contributed by atoms with van der Waals surface area (Å²) < 4.78 is 5.31. The van der Waals surface area contributed by atoms with Crippen molar-refractivity contribution in [1.82, 2.24) is 10.3 Å². The van der Waals surface area contributed by atoms with Gasteiger partial charge in [0.05, 0.1) is 7.11 Å². The fourth-order valence-corrected chi connectivity index (χ4v) is 3.26. The molecule has 0 saturated heterocycles. The molecule has 1 aliphatic rings. The molecule has 23 heavy (non-hydrogen) atoms. The van der Waals surface area contributed by atoms with Crippen molar-refractivity contribution in [1.29, 1.82) is 0 Å². The van der Waals surface area contributed by atoms with Crippen LogP contribution in [0.4, 0.5) is 0 Å². The molecule has 0 spiro atoms. The molecule has 0 atom stereocenters. The molecule has 2 N–H and O–H groups in total. The van der Waals surface area contributed by atoms with Crippen molar-refractivity contribution in [3.8, 4) is 5.75 Å². The van der Waals surface area contributed by atoms with Crippen LogP contribution in [-0.2, 0) is 11.2 Å². The molecule has 0 unspecified atom stereocenters. The molecule has 4 heteroatoms. The second-order valence-corrected chi connectivity index (χ2v) is 6.14. The molecule has 0 radical (unpaired) electrons. The smallest absolute Gasteiger partial charge is 0.160 e. The Morgan fingerprint density at radius 3 is 2.91 bits per heavy atom. The largest absolute Gasteiger partial charge is 0.497 e. The third-order valence-electron chi connectivity index (χ3n) is 4.63. The van der Waals surface area contributed by atoms with Gasteiger partial charge in [-0.3, -0.25) is 4.79 Å². The molecule has 1 fully saturated rings. The summed E-state index contributed by atoms with van der Waals surface area (Å²) in [6, 6.07) is 6.07. The minimum Gasteiger partial charge on any atom is -0.497 e. The van der Waals surface area contributed by atoms with E-state index < -0.39 is 0 Å². The Bertz CT molecular complexity index is 743. The second-order valence-electron chi connectivity index (χ2n) is 6.14. The molecule has 1 aliphatic carbocycles. The molecule has 2 aromatic rings. The summed E-state index contributed by atoms with van der Waals surface area (Å²) in [7, 11) is 1.69. The Kier molecular flexibility index (Phi) is 4.70. The fourth-order valence-electron chi connectivity index (χ4n) is 3.26. The number of hydrogen-bond donors (Lipinski definition) is 2. The number of methoxy groups -OCH3 is 1. The molecule has 3 rings (SSSR count). The number of carbonyl (C=O) groups is 1. The molecule has 0 amide bonds. The molecular weight excluding hydrogens is 288 g/mol. The third kappa shape index (κ3) is 3.41. The van der Waals surface area contributed by atoms with Gasteiger partial charge in [0.15, 0.2) is 5.78 Å². The second kappa shape index (κ2) is 6.90. The summed E-state index contributed by atoms with van der Waals surface area (Å²) in [6.07, 6.45) is 6.75. The Morgan fingerprint density at radius 1 is 1.30 bits per heavy atom. The summed E-state index contributed by atoms with van der Waals surface area (Å²) in [6.45, 7) is 2.85. The van der Waals surface area contributed by atoms with E-state index >= 15 is 0 Å². The van der Waals surface area contributed by atoms with Crippen LogP contribution in [0.2, 0.25) is 0 Å². The average molecular weight is 312 g/mol. The highest BCUT2D eigenvalue weighted by Gasteiger charge is 2.17. The standard InChI is InChI=1S/C19H24N2O2/c1-13(16-5-3-4-6-19(16)22)20-10-9-14-12-21-18-8-7-15(23-2)11-17(14)18/h7-8,11-12,20-21H,3-6,9-10H2,1-2H3/b16-13-. The van der Waals surface area contributed by atoms with Crippen molar-refractivity contribution in [3.63, 3.8) is 0 Å². The van der Waals surface area contributed by atoms with Gasteiger partial charge in [0, 0.05) is 41.3 Å². The number of ether oxygens (including phenoxy) is 1. The zero-order valence-electron chi connectivity index (χ0n) is 13.9. The van der Waals surface area contributed by atoms with E-state index in [4.69, 9.17) is 4.74 Å². The summed E-state index contributed by atoms with van der Waals surface area (Å²) in [5, 5.41) is 4.63. The lowest BCUT2D eigenvalue weighted by Gasteiger charge is -2.17. The summed E-state index contributed by atoms with van der Waals surface area (Å²) in [5.41, 5.74) is 4.43. The van der Waals surface area contributed by atoms with Crippen LogP contribution in [0.1, 0.15) is 38.2 Å². The van der Waals surface area contributed by atoms with E-state index in [9.17, 15) is 4.79 Å². The predicted octanol–water partition coefficient (Wildman–Crippen LogP) is 3.73. The van der Waals surface area contributed by atoms with Gasteiger partial charge in [0.25, 0.3) is 0 Å². The average Bonchev–Trinajstić information content (AvgIpc) is 2.97. The molecule has 1 aromatic carbocycles. The van der Waals surface area contributed by atoms with Crippen molar-refractivity contribution in [3.05, 3.63) is 41.2 Å². The summed E-state index contributed by atoms with van der Waals surface area (Å²) >= 11 is 0. The van der Waals surface area contributed by atoms with Gasteiger partial charge in [-0.1, -0.05) is 0 Å². The number of carbonyl (C=O) groups excluding carboxylic acids is 1. The third-order valence-corrected chi connectivity index (χ3v) is 4.63. The van der Waals surface area contributed by atoms with Crippen molar-refractivity contribution in [2.75, 3.05) is 13.7 Å². The maximum absolute atomic E-state index is 12.0. The van der Waals surface area contributed by atoms with Crippen LogP contribution in [0.3, 0.4) is 0 Å². The molecule has 1 aromatic heterocycles. The molecule has 0 bridgehead atoms. The van der Waals surface area contributed by atoms with Crippen LogP contribution in [-0.4, -0.2) is 24.4 Å². The van der Waals surface area contributed by atoms with Crippen molar-refractivity contribution in [2.24, 2.45) is 0 Å². The van der Waals surface area contributed by atoms with E-state index in [0.717, 1.165) is 54.8 Å². The van der Waals surface area contributed by atoms with Crippen LogP contribution >= 0.6 is 0 Å². The number of rotatable bonds is 5. The van der Waals surface area contributed by atoms with Crippen LogP contribution in [0.25, 0.3) is 10.9 Å². The number of benzene rings is 1. The van der Waals surface area contributed by atoms with Gasteiger partial charge in [-0.25, -0.2) is 0 Å². The SMILES string of the molecule is COc1ccc2[nH]cc(CCN/C(C)=C3/CCCCC3=O)c2c1. The summed E-state index contributed by atoms with van der Waals surface area (Å²) in [5.74, 6) is 1.19. The molecular formula is C19H24N2O2. The highest BCUT2D eigenvalue weighted by molar-refractivity contribution is 5.96. The van der Waals surface area contributed by atoms with Gasteiger partial charge >= 0.3 is 0 Å². The Hall–Kier alpha value is -2.23. The van der Waals surface area contributed by atoms with Crippen LogP contribution < -0.4 is 10.1 Å². The van der Waals surface area contributed by atoms with Gasteiger partial charge in [0.1, 0.15) is 5.75 Å². The minimum absolute atomic E-state index is 0.318. The van der Waals surface area contributed by atoms with Crippen molar-refractivity contribution >= 4 is 16.7 Å². The van der Waals surface area contributed by atoms with E-state index in [1.807, 2.05) is 19.1 Å². The van der Waals surface area contributed by atoms with E-state index in [1.54, 1.807) is 7.11 Å². The van der Waals surface area contributed by atoms with Gasteiger partial charge < -0.3 is 15.0 Å². The Balaban J connectivity index is 1.67. The molecule has 122 valence electrons. The predicted molar refractivity (Wildman–Crippen MR) is 92.7 cm³/mol. The van der Waals surface area contributed by atoms with E-state index in [-0.39, 0.29) is 0 Å². The highest BCUT2D eigenvalue weighted by atomic mass is 16.5. The first-order valence-corrected chi connectivity index (χ1v) is 8.30. The van der Waals surface area contributed by atoms with Crippen molar-refractivity contribution < 1.29 is 9.53 Å². The van der Waals surface area contributed by atoms with Crippen LogP contribution in [0, 0.1) is 0 Å². The maximum Gasteiger partial charge on any atom is 0.160 e. The summed E-state index contributed by atoms with van der Waals surface area (Å²) in [4.78, 5) is 15.3. The van der Waals surface area contributed by atoms with Gasteiger partial charge in [-0.05, 0) is 56.4 Å². The quantitative estimate of drug-likeness (QED) is 0.827. The van der Waals surface area contributed by atoms with Crippen LogP contribution in [0.5, 0.6) is 5.75 Å². The lowest BCUT2D eigenvalue weighted by molar-refractivity contribution is -0.116. The first-order chi connectivity index (χ1) is 11.2. The topological polar surface area (TPSA) is 54.1 Å². The first kappa shape index (κ1) is 15.7. The van der Waals surface area contributed by atoms with Gasteiger partial charge in [-0.2, -0.15) is 0 Å². The van der Waals surface area contributed by atoms with Gasteiger partial charge in [0.2, 0.25) is 0 Å². The number of fused-ring (bicyclic) bond motifs is 1. The Labute approximate surface area is 136 Å². The minimum atomic E-state index is 0.318. The molecule has 0 aliphatic heterocycles. The van der Waals surface area contributed by atoms with E-state index in [1.165, 1.54) is 10.9 Å². The maximum atomic E-state index is 12.0. The zero-order chi connectivity index (χ0) is 16.2. The monoisotopic (exact) mass is 312 g/mol.